The number of methoxy groups -OCH3 is 1. The molecule has 0 saturated carbocycles. The van der Waals surface area contributed by atoms with Gasteiger partial charge in [0.25, 0.3) is 5.91 Å². The molecule has 1 rings (SSSR count). The molecule has 0 bridgehead atoms. The van der Waals surface area contributed by atoms with E-state index < -0.39 is 10.8 Å². The smallest absolute Gasteiger partial charge is 0.310 e. The molecule has 1 amide bonds. The molecule has 1 unspecified atom stereocenters. The predicted octanol–water partition coefficient (Wildman–Crippen LogP) is 1.64. The molecule has 7 heteroatoms. The minimum Gasteiger partial charge on any atom is -0.490 e. The fraction of sp³-hybridized carbons (Fsp3) is 0.333. The lowest BCUT2D eigenvalue weighted by molar-refractivity contribution is -0.385. The van der Waals surface area contributed by atoms with Crippen molar-refractivity contribution in [2.45, 2.75) is 19.4 Å². The van der Waals surface area contributed by atoms with E-state index in [4.69, 9.17) is 10.00 Å². The standard InChI is InChI=1S/C12H13N3O4/c1-8(5-6-13)14-12(16)9-3-4-10(15(17)18)11(7-9)19-2/h3-4,7-8H,5H2,1-2H3,(H,14,16). The van der Waals surface area contributed by atoms with Gasteiger partial charge >= 0.3 is 5.69 Å². The van der Waals surface area contributed by atoms with Crippen molar-refractivity contribution < 1.29 is 14.5 Å². The monoisotopic (exact) mass is 263 g/mol. The minimum atomic E-state index is -0.585. The van der Waals surface area contributed by atoms with Crippen molar-refractivity contribution in [3.05, 3.63) is 33.9 Å². The fourth-order valence-electron chi connectivity index (χ4n) is 1.46. The quantitative estimate of drug-likeness (QED) is 0.642. The molecule has 0 aromatic heterocycles. The second-order valence-corrected chi connectivity index (χ2v) is 3.88. The zero-order valence-corrected chi connectivity index (χ0v) is 10.5. The summed E-state index contributed by atoms with van der Waals surface area (Å²) in [5.41, 5.74) is 0.0383. The highest BCUT2D eigenvalue weighted by Crippen LogP contribution is 2.27. The van der Waals surface area contributed by atoms with Crippen LogP contribution in [0.4, 0.5) is 5.69 Å². The van der Waals surface area contributed by atoms with Gasteiger partial charge in [-0.1, -0.05) is 0 Å². The van der Waals surface area contributed by atoms with Gasteiger partial charge in [0.15, 0.2) is 5.75 Å². The molecular formula is C12H13N3O4. The van der Waals surface area contributed by atoms with E-state index in [0.29, 0.717) is 0 Å². The summed E-state index contributed by atoms with van der Waals surface area (Å²) in [5.74, 6) is -0.387. The van der Waals surface area contributed by atoms with E-state index in [-0.39, 0.29) is 29.5 Å². The Morgan fingerprint density at radius 2 is 2.32 bits per heavy atom. The number of carbonyl (C=O) groups excluding carboxylic acids is 1. The second-order valence-electron chi connectivity index (χ2n) is 3.88. The van der Waals surface area contributed by atoms with Gasteiger partial charge in [0.05, 0.1) is 24.5 Å². The molecule has 19 heavy (non-hydrogen) atoms. The van der Waals surface area contributed by atoms with Gasteiger partial charge in [-0.3, -0.25) is 14.9 Å². The van der Waals surface area contributed by atoms with Crippen LogP contribution in [-0.4, -0.2) is 24.0 Å². The molecule has 0 spiro atoms. The van der Waals surface area contributed by atoms with Crippen molar-refractivity contribution in [1.82, 2.24) is 5.32 Å². The predicted molar refractivity (Wildman–Crippen MR) is 66.8 cm³/mol. The lowest BCUT2D eigenvalue weighted by Crippen LogP contribution is -2.32. The Bertz CT molecular complexity index is 536. The number of hydrogen-bond acceptors (Lipinski definition) is 5. The third-order valence-electron chi connectivity index (χ3n) is 2.41. The SMILES string of the molecule is COc1cc(C(=O)NC(C)CC#N)ccc1[N+](=O)[O-]. The number of nitrogens with one attached hydrogen (secondary N) is 1. The van der Waals surface area contributed by atoms with Crippen LogP contribution < -0.4 is 10.1 Å². The number of nitro benzene ring substituents is 1. The third kappa shape index (κ3) is 3.67. The van der Waals surface area contributed by atoms with Crippen LogP contribution >= 0.6 is 0 Å². The highest BCUT2D eigenvalue weighted by Gasteiger charge is 2.18. The molecule has 1 aromatic rings. The first kappa shape index (κ1) is 14.4. The van der Waals surface area contributed by atoms with Crippen LogP contribution in [0.25, 0.3) is 0 Å². The molecule has 0 radical (unpaired) electrons. The molecule has 100 valence electrons. The third-order valence-corrected chi connectivity index (χ3v) is 2.41. The number of nitrogens with zero attached hydrogens (tertiary/aromatic N) is 2. The Morgan fingerprint density at radius 3 is 2.84 bits per heavy atom. The molecule has 7 nitrogen and oxygen atoms in total. The molecule has 1 atom stereocenters. The van der Waals surface area contributed by atoms with Crippen molar-refractivity contribution in [1.29, 1.82) is 5.26 Å². The topological polar surface area (TPSA) is 105 Å². The molecule has 0 fully saturated rings. The summed E-state index contributed by atoms with van der Waals surface area (Å²) in [6.07, 6.45) is 0.190. The van der Waals surface area contributed by atoms with Gasteiger partial charge in [0, 0.05) is 23.7 Å². The van der Waals surface area contributed by atoms with Crippen molar-refractivity contribution >= 4 is 11.6 Å². The van der Waals surface area contributed by atoms with E-state index in [1.54, 1.807) is 6.92 Å². The van der Waals surface area contributed by atoms with E-state index >= 15 is 0 Å². The van der Waals surface area contributed by atoms with Crippen LogP contribution in [0.2, 0.25) is 0 Å². The minimum absolute atomic E-state index is 0.0191. The number of rotatable bonds is 5. The number of carbonyl (C=O) groups is 1. The summed E-state index contributed by atoms with van der Waals surface area (Å²) in [6, 6.07) is 5.50. The molecule has 1 aromatic carbocycles. The van der Waals surface area contributed by atoms with Gasteiger partial charge in [-0.2, -0.15) is 5.26 Å². The van der Waals surface area contributed by atoms with E-state index in [1.165, 1.54) is 25.3 Å². The first-order valence-electron chi connectivity index (χ1n) is 5.49. The van der Waals surface area contributed by atoms with Gasteiger partial charge in [-0.05, 0) is 13.0 Å². The van der Waals surface area contributed by atoms with Gasteiger partial charge in [-0.25, -0.2) is 0 Å². The van der Waals surface area contributed by atoms with Crippen LogP contribution in [-0.2, 0) is 0 Å². The summed E-state index contributed by atoms with van der Waals surface area (Å²) in [6.45, 7) is 1.70. The Labute approximate surface area is 109 Å². The summed E-state index contributed by atoms with van der Waals surface area (Å²) in [4.78, 5) is 22.0. The summed E-state index contributed by atoms with van der Waals surface area (Å²) in [7, 11) is 1.29. The van der Waals surface area contributed by atoms with Crippen LogP contribution in [0.1, 0.15) is 23.7 Å². The number of benzene rings is 1. The van der Waals surface area contributed by atoms with Crippen LogP contribution in [0.5, 0.6) is 5.75 Å². The number of hydrogen-bond donors (Lipinski definition) is 1. The maximum atomic E-state index is 11.8. The van der Waals surface area contributed by atoms with Gasteiger partial charge in [0.1, 0.15) is 0 Å². The summed E-state index contributed by atoms with van der Waals surface area (Å²) in [5, 5.41) is 21.8. The zero-order chi connectivity index (χ0) is 14.4. The average molecular weight is 263 g/mol. The van der Waals surface area contributed by atoms with Crippen LogP contribution in [0.3, 0.4) is 0 Å². The molecule has 0 saturated heterocycles. The Balaban J connectivity index is 2.94. The molecule has 0 aliphatic carbocycles. The van der Waals surface area contributed by atoms with E-state index in [9.17, 15) is 14.9 Å². The Kier molecular flexibility index (Phi) is 4.83. The largest absolute Gasteiger partial charge is 0.490 e. The number of nitro groups is 1. The Morgan fingerprint density at radius 1 is 1.63 bits per heavy atom. The molecule has 0 aliphatic rings. The van der Waals surface area contributed by atoms with Crippen LogP contribution in [0, 0.1) is 21.4 Å². The maximum absolute atomic E-state index is 11.8. The van der Waals surface area contributed by atoms with Crippen molar-refractivity contribution in [3.8, 4) is 11.8 Å². The number of nitriles is 1. The lowest BCUT2D eigenvalue weighted by Gasteiger charge is -2.11. The van der Waals surface area contributed by atoms with Gasteiger partial charge in [-0.15, -0.1) is 0 Å². The normalized spacial score (nSPS) is 11.2. The van der Waals surface area contributed by atoms with Crippen molar-refractivity contribution in [3.63, 3.8) is 0 Å². The summed E-state index contributed by atoms with van der Waals surface area (Å²) >= 11 is 0. The molecule has 1 N–H and O–H groups in total. The molecule has 0 heterocycles. The Hall–Kier alpha value is -2.62. The highest BCUT2D eigenvalue weighted by molar-refractivity contribution is 5.95. The van der Waals surface area contributed by atoms with Crippen molar-refractivity contribution in [2.75, 3.05) is 7.11 Å². The molecular weight excluding hydrogens is 250 g/mol. The second kappa shape index (κ2) is 6.35. The van der Waals surface area contributed by atoms with E-state index in [1.807, 2.05) is 6.07 Å². The van der Waals surface area contributed by atoms with Gasteiger partial charge in [0.2, 0.25) is 0 Å². The zero-order valence-electron chi connectivity index (χ0n) is 10.5. The molecule has 0 aliphatic heterocycles. The summed E-state index contributed by atoms with van der Waals surface area (Å²) < 4.78 is 4.88. The maximum Gasteiger partial charge on any atom is 0.310 e. The first-order valence-corrected chi connectivity index (χ1v) is 5.49. The lowest BCUT2D eigenvalue weighted by atomic mass is 10.1. The fourth-order valence-corrected chi connectivity index (χ4v) is 1.46. The van der Waals surface area contributed by atoms with Crippen molar-refractivity contribution in [2.24, 2.45) is 0 Å². The number of ether oxygens (including phenoxy) is 1. The van der Waals surface area contributed by atoms with E-state index in [0.717, 1.165) is 0 Å². The number of amides is 1. The van der Waals surface area contributed by atoms with Crippen LogP contribution in [0.15, 0.2) is 18.2 Å². The van der Waals surface area contributed by atoms with E-state index in [2.05, 4.69) is 5.32 Å². The van der Waals surface area contributed by atoms with Gasteiger partial charge < -0.3 is 10.1 Å². The highest BCUT2D eigenvalue weighted by atomic mass is 16.6. The average Bonchev–Trinajstić information content (AvgIpc) is 2.37. The first-order chi connectivity index (χ1) is 8.99.